The monoisotopic (exact) mass is 313 g/mol. The number of nitrogens with zero attached hydrogens (tertiary/aromatic N) is 2. The minimum atomic E-state index is -3.62. The van der Waals surface area contributed by atoms with Crippen molar-refractivity contribution in [1.82, 2.24) is 4.31 Å². The quantitative estimate of drug-likeness (QED) is 0.667. The molecule has 0 radical (unpaired) electrons. The molecule has 1 aromatic carbocycles. The Hall–Kier alpha value is -1.51. The summed E-state index contributed by atoms with van der Waals surface area (Å²) in [5.74, 6) is 0.145. The van der Waals surface area contributed by atoms with Crippen LogP contribution in [0.5, 0.6) is 0 Å². The van der Waals surface area contributed by atoms with Crippen LogP contribution in [-0.2, 0) is 10.0 Å². The van der Waals surface area contributed by atoms with Gasteiger partial charge >= 0.3 is 0 Å². The van der Waals surface area contributed by atoms with Gasteiger partial charge in [-0.2, -0.15) is 4.31 Å². The van der Waals surface area contributed by atoms with E-state index in [1.54, 1.807) is 0 Å². The maximum Gasteiger partial charge on any atom is 0.269 e. The number of benzene rings is 1. The highest BCUT2D eigenvalue weighted by molar-refractivity contribution is 7.89. The summed E-state index contributed by atoms with van der Waals surface area (Å²) in [7, 11) is -3.62. The predicted octanol–water partition coefficient (Wildman–Crippen LogP) is 1.34. The zero-order valence-electron chi connectivity index (χ0n) is 11.8. The number of hydrogen-bond donors (Lipinski definition) is 1. The topological polar surface area (TPSA) is 107 Å². The summed E-state index contributed by atoms with van der Waals surface area (Å²) in [6.45, 7) is 2.74. The van der Waals surface area contributed by atoms with Gasteiger partial charge in [0.25, 0.3) is 5.69 Å². The number of rotatable bonds is 4. The zero-order chi connectivity index (χ0) is 15.6. The summed E-state index contributed by atoms with van der Waals surface area (Å²) < 4.78 is 26.5. The van der Waals surface area contributed by atoms with E-state index in [9.17, 15) is 18.5 Å². The first-order valence-electron chi connectivity index (χ1n) is 6.82. The van der Waals surface area contributed by atoms with Gasteiger partial charge in [-0.1, -0.05) is 0 Å². The molecule has 0 saturated carbocycles. The molecule has 1 aliphatic rings. The molecule has 1 saturated heterocycles. The lowest BCUT2D eigenvalue weighted by Crippen LogP contribution is -2.44. The third-order valence-corrected chi connectivity index (χ3v) is 5.73. The highest BCUT2D eigenvalue weighted by atomic mass is 32.2. The van der Waals surface area contributed by atoms with Gasteiger partial charge < -0.3 is 5.73 Å². The molecule has 1 heterocycles. The highest BCUT2D eigenvalue weighted by Crippen LogP contribution is 2.26. The highest BCUT2D eigenvalue weighted by Gasteiger charge is 2.31. The van der Waals surface area contributed by atoms with E-state index in [4.69, 9.17) is 5.73 Å². The SMILES string of the molecule is C[C@H](N)[C@@H]1CCCN(S(=O)(=O)c2ccc([N+](=O)[O-])cc2)C1. The van der Waals surface area contributed by atoms with Gasteiger partial charge in [-0.15, -0.1) is 0 Å². The third kappa shape index (κ3) is 3.39. The Balaban J connectivity index is 2.22. The number of hydrogen-bond acceptors (Lipinski definition) is 5. The number of non-ortho nitro benzene ring substituents is 1. The first-order valence-corrected chi connectivity index (χ1v) is 8.26. The Morgan fingerprint density at radius 2 is 2.00 bits per heavy atom. The molecule has 1 fully saturated rings. The van der Waals surface area contributed by atoms with E-state index in [0.717, 1.165) is 12.8 Å². The van der Waals surface area contributed by atoms with E-state index in [2.05, 4.69) is 0 Å². The van der Waals surface area contributed by atoms with Crippen LogP contribution in [0, 0.1) is 16.0 Å². The summed E-state index contributed by atoms with van der Waals surface area (Å²) in [4.78, 5) is 10.1. The fourth-order valence-electron chi connectivity index (χ4n) is 2.51. The normalized spacial score (nSPS) is 21.9. The van der Waals surface area contributed by atoms with Crippen LogP contribution in [0.1, 0.15) is 19.8 Å². The van der Waals surface area contributed by atoms with Crippen LogP contribution in [0.2, 0.25) is 0 Å². The van der Waals surface area contributed by atoms with Crippen molar-refractivity contribution in [3.8, 4) is 0 Å². The summed E-state index contributed by atoms with van der Waals surface area (Å²) in [5, 5.41) is 10.6. The van der Waals surface area contributed by atoms with E-state index in [0.29, 0.717) is 13.1 Å². The van der Waals surface area contributed by atoms with Crippen molar-refractivity contribution in [2.24, 2.45) is 11.7 Å². The van der Waals surface area contributed by atoms with E-state index in [1.165, 1.54) is 28.6 Å². The van der Waals surface area contributed by atoms with Gasteiger partial charge in [-0.25, -0.2) is 8.42 Å². The molecule has 2 atom stereocenters. The summed E-state index contributed by atoms with van der Waals surface area (Å²) >= 11 is 0. The number of piperidine rings is 1. The Bertz CT molecular complexity index is 613. The smallest absolute Gasteiger partial charge is 0.269 e. The van der Waals surface area contributed by atoms with E-state index in [-0.39, 0.29) is 22.5 Å². The molecule has 0 spiro atoms. The molecule has 0 aromatic heterocycles. The molecule has 0 bridgehead atoms. The summed E-state index contributed by atoms with van der Waals surface area (Å²) in [6, 6.07) is 4.92. The van der Waals surface area contributed by atoms with Gasteiger partial charge in [0.05, 0.1) is 9.82 Å². The van der Waals surface area contributed by atoms with Gasteiger partial charge in [0, 0.05) is 31.3 Å². The first-order chi connectivity index (χ1) is 9.82. The Morgan fingerprint density at radius 3 is 2.52 bits per heavy atom. The lowest BCUT2D eigenvalue weighted by molar-refractivity contribution is -0.384. The van der Waals surface area contributed by atoms with Crippen LogP contribution in [0.25, 0.3) is 0 Å². The van der Waals surface area contributed by atoms with E-state index < -0.39 is 14.9 Å². The molecular weight excluding hydrogens is 294 g/mol. The predicted molar refractivity (Wildman–Crippen MR) is 78.2 cm³/mol. The Morgan fingerprint density at radius 1 is 1.38 bits per heavy atom. The molecule has 2 rings (SSSR count). The standard InChI is InChI=1S/C13H19N3O4S/c1-10(14)11-3-2-8-15(9-11)21(19,20)13-6-4-12(5-7-13)16(17)18/h4-7,10-11H,2-3,8-9,14H2,1H3/t10-,11+/m0/s1. The molecule has 21 heavy (non-hydrogen) atoms. The average molecular weight is 313 g/mol. The van der Waals surface area contributed by atoms with Crippen molar-refractivity contribution < 1.29 is 13.3 Å². The second kappa shape index (κ2) is 6.08. The van der Waals surface area contributed by atoms with E-state index >= 15 is 0 Å². The molecule has 2 N–H and O–H groups in total. The molecule has 0 unspecified atom stereocenters. The van der Waals surface area contributed by atoms with Crippen molar-refractivity contribution in [3.05, 3.63) is 34.4 Å². The van der Waals surface area contributed by atoms with Crippen LogP contribution in [0.15, 0.2) is 29.2 Å². The minimum absolute atomic E-state index is 0.0557. The van der Waals surface area contributed by atoms with Crippen LogP contribution in [-0.4, -0.2) is 36.8 Å². The second-order valence-electron chi connectivity index (χ2n) is 5.38. The maximum atomic E-state index is 12.6. The third-order valence-electron chi connectivity index (χ3n) is 3.85. The van der Waals surface area contributed by atoms with Gasteiger partial charge in [0.2, 0.25) is 10.0 Å². The minimum Gasteiger partial charge on any atom is -0.328 e. The molecule has 0 amide bonds. The first kappa shape index (κ1) is 15.9. The molecule has 1 aromatic rings. The fraction of sp³-hybridized carbons (Fsp3) is 0.538. The van der Waals surface area contributed by atoms with Crippen LogP contribution in [0.3, 0.4) is 0 Å². The molecule has 1 aliphatic heterocycles. The lowest BCUT2D eigenvalue weighted by atomic mass is 9.93. The summed E-state index contributed by atoms with van der Waals surface area (Å²) in [5.41, 5.74) is 5.74. The van der Waals surface area contributed by atoms with Gasteiger partial charge in [0.15, 0.2) is 0 Å². The largest absolute Gasteiger partial charge is 0.328 e. The average Bonchev–Trinajstić information content (AvgIpc) is 2.47. The zero-order valence-corrected chi connectivity index (χ0v) is 12.6. The van der Waals surface area contributed by atoms with Gasteiger partial charge in [0.1, 0.15) is 0 Å². The van der Waals surface area contributed by atoms with Crippen molar-refractivity contribution in [1.29, 1.82) is 0 Å². The van der Waals surface area contributed by atoms with E-state index in [1.807, 2.05) is 6.92 Å². The molecule has 8 heteroatoms. The van der Waals surface area contributed by atoms with Gasteiger partial charge in [-0.3, -0.25) is 10.1 Å². The van der Waals surface area contributed by atoms with Crippen molar-refractivity contribution in [2.45, 2.75) is 30.7 Å². The Kier molecular flexibility index (Phi) is 4.60. The molecule has 116 valence electrons. The molecule has 0 aliphatic carbocycles. The van der Waals surface area contributed by atoms with Crippen LogP contribution in [0.4, 0.5) is 5.69 Å². The Labute approximate surface area is 123 Å². The lowest BCUT2D eigenvalue weighted by Gasteiger charge is -2.33. The van der Waals surface area contributed by atoms with Crippen LogP contribution < -0.4 is 5.73 Å². The fourth-order valence-corrected chi connectivity index (χ4v) is 4.05. The number of nitro benzene ring substituents is 1. The van der Waals surface area contributed by atoms with Gasteiger partial charge in [-0.05, 0) is 37.8 Å². The number of nitro groups is 1. The van der Waals surface area contributed by atoms with Crippen LogP contribution >= 0.6 is 0 Å². The summed E-state index contributed by atoms with van der Waals surface area (Å²) in [6.07, 6.45) is 1.70. The second-order valence-corrected chi connectivity index (χ2v) is 7.31. The van der Waals surface area contributed by atoms with Crippen molar-refractivity contribution in [3.63, 3.8) is 0 Å². The maximum absolute atomic E-state index is 12.6. The number of nitrogens with two attached hydrogens (primary N) is 1. The van der Waals surface area contributed by atoms with Crippen molar-refractivity contribution in [2.75, 3.05) is 13.1 Å². The molecule has 7 nitrogen and oxygen atoms in total. The van der Waals surface area contributed by atoms with Crippen molar-refractivity contribution >= 4 is 15.7 Å². The number of sulfonamides is 1. The molecular formula is C13H19N3O4S.